The fraction of sp³-hybridized carbons (Fsp3) is 0.667. The summed E-state index contributed by atoms with van der Waals surface area (Å²) in [6.07, 6.45) is -1.72. The molecule has 0 bridgehead atoms. The third-order valence-corrected chi connectivity index (χ3v) is 5.79. The normalized spacial score (nSPS) is 14.9. The van der Waals surface area contributed by atoms with Crippen LogP contribution < -0.4 is 10.6 Å². The largest absolute Gasteiger partial charge is 0.458 e. The summed E-state index contributed by atoms with van der Waals surface area (Å²) in [7, 11) is 0. The van der Waals surface area contributed by atoms with Gasteiger partial charge in [0.2, 0.25) is 5.91 Å². The molecule has 2 amide bonds. The smallest absolute Gasteiger partial charge is 0.329 e. The molecule has 220 valence electrons. The maximum atomic E-state index is 13.2. The van der Waals surface area contributed by atoms with E-state index < -0.39 is 53.6 Å². The Balaban J connectivity index is 2.93. The molecule has 0 aromatic heterocycles. The first-order valence-electron chi connectivity index (χ1n) is 13.7. The van der Waals surface area contributed by atoms with Gasteiger partial charge in [-0.1, -0.05) is 71.9 Å². The minimum absolute atomic E-state index is 0.0195. The van der Waals surface area contributed by atoms with Gasteiger partial charge in [-0.05, 0) is 57.4 Å². The van der Waals surface area contributed by atoms with Crippen LogP contribution in [0, 0.1) is 17.8 Å². The lowest BCUT2D eigenvalue weighted by Crippen LogP contribution is -2.53. The molecule has 0 saturated carbocycles. The average Bonchev–Trinajstić information content (AvgIpc) is 2.82. The van der Waals surface area contributed by atoms with Crippen LogP contribution in [0.3, 0.4) is 0 Å². The number of rotatable bonds is 14. The van der Waals surface area contributed by atoms with Crippen molar-refractivity contribution in [1.82, 2.24) is 10.6 Å². The molecule has 0 heterocycles. The molecule has 0 saturated heterocycles. The van der Waals surface area contributed by atoms with Gasteiger partial charge in [0.15, 0.2) is 6.10 Å². The molecule has 4 atom stereocenters. The van der Waals surface area contributed by atoms with Gasteiger partial charge in [0.1, 0.15) is 23.8 Å². The summed E-state index contributed by atoms with van der Waals surface area (Å²) in [5, 5.41) is 5.42. The standard InChI is InChI=1S/C30H48N2O7/c1-18(2)16-23(27(34)32-25(20(5)6)29(36)39-30(8,9)10)38-28(35)24(19(3)4)31-26(33)21(7)37-17-22-14-12-11-13-15-22/h11-15,18-21,23-25H,16-17H2,1-10H3,(H,31,33)(H,32,34)/t21-,23-,24+,25-/m1/s1. The second-order valence-electron chi connectivity index (χ2n) is 12.0. The molecule has 39 heavy (non-hydrogen) atoms. The first-order valence-corrected chi connectivity index (χ1v) is 13.7. The molecule has 1 aromatic carbocycles. The summed E-state index contributed by atoms with van der Waals surface area (Å²) >= 11 is 0. The van der Waals surface area contributed by atoms with Gasteiger partial charge in [0.05, 0.1) is 6.61 Å². The third-order valence-electron chi connectivity index (χ3n) is 5.79. The van der Waals surface area contributed by atoms with E-state index in [1.54, 1.807) is 55.4 Å². The molecular formula is C30H48N2O7. The van der Waals surface area contributed by atoms with Crippen LogP contribution >= 0.6 is 0 Å². The Morgan fingerprint density at radius 3 is 1.77 bits per heavy atom. The van der Waals surface area contributed by atoms with Crippen LogP contribution in [0.15, 0.2) is 30.3 Å². The van der Waals surface area contributed by atoms with E-state index in [0.717, 1.165) is 5.56 Å². The fourth-order valence-electron chi connectivity index (χ4n) is 3.60. The minimum atomic E-state index is -1.15. The minimum Gasteiger partial charge on any atom is -0.458 e. The molecule has 0 aliphatic carbocycles. The van der Waals surface area contributed by atoms with E-state index >= 15 is 0 Å². The van der Waals surface area contributed by atoms with E-state index in [1.807, 2.05) is 44.2 Å². The van der Waals surface area contributed by atoms with Crippen LogP contribution in [-0.4, -0.2) is 53.6 Å². The molecule has 0 unspecified atom stereocenters. The number of carbonyl (C=O) groups is 4. The Labute approximate surface area is 233 Å². The maximum Gasteiger partial charge on any atom is 0.329 e. The van der Waals surface area contributed by atoms with E-state index in [-0.39, 0.29) is 30.8 Å². The Bertz CT molecular complexity index is 938. The van der Waals surface area contributed by atoms with Gasteiger partial charge < -0.3 is 24.8 Å². The highest BCUT2D eigenvalue weighted by atomic mass is 16.6. The number of nitrogens with one attached hydrogen (secondary N) is 2. The summed E-state index contributed by atoms with van der Waals surface area (Å²) in [5.74, 6) is -2.88. The number of benzene rings is 1. The molecule has 0 spiro atoms. The van der Waals surface area contributed by atoms with Gasteiger partial charge in [0.25, 0.3) is 5.91 Å². The Hall–Kier alpha value is -2.94. The quantitative estimate of drug-likeness (QED) is 0.335. The molecule has 9 heteroatoms. The van der Waals surface area contributed by atoms with Crippen molar-refractivity contribution < 1.29 is 33.4 Å². The molecule has 1 aromatic rings. The molecule has 0 aliphatic rings. The van der Waals surface area contributed by atoms with Crippen molar-refractivity contribution in [2.75, 3.05) is 0 Å². The maximum absolute atomic E-state index is 13.2. The van der Waals surface area contributed by atoms with E-state index in [0.29, 0.717) is 0 Å². The molecule has 9 nitrogen and oxygen atoms in total. The molecule has 0 aliphatic heterocycles. The fourth-order valence-corrected chi connectivity index (χ4v) is 3.60. The van der Waals surface area contributed by atoms with Crippen LogP contribution in [0.25, 0.3) is 0 Å². The van der Waals surface area contributed by atoms with Gasteiger partial charge in [-0.3, -0.25) is 9.59 Å². The summed E-state index contributed by atoms with van der Waals surface area (Å²) in [4.78, 5) is 52.0. The molecule has 0 radical (unpaired) electrons. The molecule has 1 rings (SSSR count). The first kappa shape index (κ1) is 34.1. The van der Waals surface area contributed by atoms with E-state index in [4.69, 9.17) is 14.2 Å². The molecule has 2 N–H and O–H groups in total. The Morgan fingerprint density at radius 2 is 1.28 bits per heavy atom. The van der Waals surface area contributed by atoms with Gasteiger partial charge in [0, 0.05) is 0 Å². The van der Waals surface area contributed by atoms with Crippen molar-refractivity contribution in [3.63, 3.8) is 0 Å². The van der Waals surface area contributed by atoms with Gasteiger partial charge in [-0.25, -0.2) is 9.59 Å². The van der Waals surface area contributed by atoms with Crippen LogP contribution in [0.1, 0.15) is 81.2 Å². The van der Waals surface area contributed by atoms with E-state index in [9.17, 15) is 19.2 Å². The Kier molecular flexibility index (Phi) is 13.6. The number of hydrogen-bond acceptors (Lipinski definition) is 7. The van der Waals surface area contributed by atoms with Gasteiger partial charge in [-0.2, -0.15) is 0 Å². The van der Waals surface area contributed by atoms with Crippen molar-refractivity contribution in [2.45, 2.75) is 112 Å². The zero-order chi connectivity index (χ0) is 29.9. The van der Waals surface area contributed by atoms with Crippen LogP contribution in [0.2, 0.25) is 0 Å². The van der Waals surface area contributed by atoms with Crippen molar-refractivity contribution >= 4 is 23.8 Å². The third kappa shape index (κ3) is 12.6. The van der Waals surface area contributed by atoms with Crippen molar-refractivity contribution in [3.05, 3.63) is 35.9 Å². The summed E-state index contributed by atoms with van der Waals surface area (Å²) in [6.45, 7) is 18.0. The zero-order valence-corrected chi connectivity index (χ0v) is 25.2. The summed E-state index contributed by atoms with van der Waals surface area (Å²) in [6, 6.07) is 7.55. The van der Waals surface area contributed by atoms with Gasteiger partial charge in [-0.15, -0.1) is 0 Å². The van der Waals surface area contributed by atoms with Crippen molar-refractivity contribution in [2.24, 2.45) is 17.8 Å². The number of ether oxygens (including phenoxy) is 3. The monoisotopic (exact) mass is 548 g/mol. The highest BCUT2D eigenvalue weighted by molar-refractivity contribution is 5.91. The number of amides is 2. The predicted molar refractivity (Wildman–Crippen MR) is 149 cm³/mol. The predicted octanol–water partition coefficient (Wildman–Crippen LogP) is 4.17. The lowest BCUT2D eigenvalue weighted by Gasteiger charge is -2.29. The highest BCUT2D eigenvalue weighted by Crippen LogP contribution is 2.16. The topological polar surface area (TPSA) is 120 Å². The summed E-state index contributed by atoms with van der Waals surface area (Å²) < 4.78 is 16.8. The second-order valence-corrected chi connectivity index (χ2v) is 12.0. The first-order chi connectivity index (χ1) is 18.0. The number of esters is 2. The van der Waals surface area contributed by atoms with Crippen molar-refractivity contribution in [3.8, 4) is 0 Å². The SMILES string of the molecule is CC(C)C[C@@H](OC(=O)[C@@H](NC(=O)[C@@H](C)OCc1ccccc1)C(C)C)C(=O)N[C@@H](C(=O)OC(C)(C)C)C(C)C. The number of carbonyl (C=O) groups excluding carboxylic acids is 4. The zero-order valence-electron chi connectivity index (χ0n) is 25.2. The highest BCUT2D eigenvalue weighted by Gasteiger charge is 2.35. The molecular weight excluding hydrogens is 500 g/mol. The Morgan fingerprint density at radius 1 is 0.769 bits per heavy atom. The lowest BCUT2D eigenvalue weighted by atomic mass is 10.0. The van der Waals surface area contributed by atoms with Gasteiger partial charge >= 0.3 is 11.9 Å². The average molecular weight is 549 g/mol. The summed E-state index contributed by atoms with van der Waals surface area (Å²) in [5.41, 5.74) is 0.203. The van der Waals surface area contributed by atoms with Crippen LogP contribution in [-0.2, 0) is 40.0 Å². The van der Waals surface area contributed by atoms with Crippen LogP contribution in [0.4, 0.5) is 0 Å². The second kappa shape index (κ2) is 15.6. The number of hydrogen-bond donors (Lipinski definition) is 2. The molecule has 0 fully saturated rings. The van der Waals surface area contributed by atoms with Crippen LogP contribution in [0.5, 0.6) is 0 Å². The van der Waals surface area contributed by atoms with E-state index in [1.165, 1.54) is 0 Å². The van der Waals surface area contributed by atoms with E-state index in [2.05, 4.69) is 10.6 Å². The van der Waals surface area contributed by atoms with Crippen molar-refractivity contribution in [1.29, 1.82) is 0 Å². The lowest BCUT2D eigenvalue weighted by molar-refractivity contribution is -0.164.